The molecule has 0 saturated heterocycles. The standard InChI is InChI=1S/C11H15BrN2O2/c1-16-8-9(12)5-7-14-11(15)10-4-2-3-6-13-10/h2-4,6,9H,5,7-8H2,1H3,(H,14,15). The van der Waals surface area contributed by atoms with Crippen molar-refractivity contribution in [2.75, 3.05) is 20.3 Å². The van der Waals surface area contributed by atoms with E-state index in [1.54, 1.807) is 31.5 Å². The van der Waals surface area contributed by atoms with Crippen molar-refractivity contribution in [2.45, 2.75) is 11.2 Å². The van der Waals surface area contributed by atoms with Crippen molar-refractivity contribution in [2.24, 2.45) is 0 Å². The van der Waals surface area contributed by atoms with E-state index in [0.717, 1.165) is 6.42 Å². The number of pyridine rings is 1. The van der Waals surface area contributed by atoms with Gasteiger partial charge < -0.3 is 10.1 Å². The van der Waals surface area contributed by atoms with Gasteiger partial charge in [-0.3, -0.25) is 9.78 Å². The van der Waals surface area contributed by atoms with E-state index in [2.05, 4.69) is 26.2 Å². The molecule has 1 amide bonds. The van der Waals surface area contributed by atoms with E-state index in [-0.39, 0.29) is 10.7 Å². The Hall–Kier alpha value is -0.940. The maximum absolute atomic E-state index is 11.6. The van der Waals surface area contributed by atoms with Gasteiger partial charge in [-0.1, -0.05) is 22.0 Å². The zero-order valence-electron chi connectivity index (χ0n) is 9.15. The first-order chi connectivity index (χ1) is 7.74. The molecule has 88 valence electrons. The largest absolute Gasteiger partial charge is 0.384 e. The van der Waals surface area contributed by atoms with Gasteiger partial charge in [-0.05, 0) is 18.6 Å². The molecule has 0 aliphatic rings. The zero-order chi connectivity index (χ0) is 11.8. The number of hydrogen-bond donors (Lipinski definition) is 1. The minimum absolute atomic E-state index is 0.141. The van der Waals surface area contributed by atoms with Gasteiger partial charge in [0.1, 0.15) is 5.69 Å². The van der Waals surface area contributed by atoms with Crippen LogP contribution < -0.4 is 5.32 Å². The molecule has 0 fully saturated rings. The number of aromatic nitrogens is 1. The van der Waals surface area contributed by atoms with Crippen LogP contribution in [0, 0.1) is 0 Å². The molecule has 1 rings (SSSR count). The minimum Gasteiger partial charge on any atom is -0.384 e. The van der Waals surface area contributed by atoms with Crippen molar-refractivity contribution in [3.05, 3.63) is 30.1 Å². The van der Waals surface area contributed by atoms with Crippen LogP contribution in [0.4, 0.5) is 0 Å². The number of carbonyl (C=O) groups excluding carboxylic acids is 1. The van der Waals surface area contributed by atoms with Gasteiger partial charge in [0.2, 0.25) is 0 Å². The van der Waals surface area contributed by atoms with Crippen molar-refractivity contribution < 1.29 is 9.53 Å². The van der Waals surface area contributed by atoms with Gasteiger partial charge in [0.15, 0.2) is 0 Å². The number of alkyl halides is 1. The highest BCUT2D eigenvalue weighted by molar-refractivity contribution is 9.09. The molecule has 0 spiro atoms. The second kappa shape index (κ2) is 7.35. The van der Waals surface area contributed by atoms with E-state index in [9.17, 15) is 4.79 Å². The second-order valence-electron chi connectivity index (χ2n) is 3.31. The second-order valence-corrected chi connectivity index (χ2v) is 4.61. The molecule has 0 aliphatic heterocycles. The number of nitrogens with zero attached hydrogens (tertiary/aromatic N) is 1. The van der Waals surface area contributed by atoms with Gasteiger partial charge in [-0.2, -0.15) is 0 Å². The number of methoxy groups -OCH3 is 1. The number of carbonyl (C=O) groups is 1. The van der Waals surface area contributed by atoms with Gasteiger partial charge in [0.25, 0.3) is 5.91 Å². The molecule has 1 unspecified atom stereocenters. The highest BCUT2D eigenvalue weighted by Crippen LogP contribution is 2.04. The van der Waals surface area contributed by atoms with Crippen LogP contribution in [-0.2, 0) is 4.74 Å². The zero-order valence-corrected chi connectivity index (χ0v) is 10.7. The van der Waals surface area contributed by atoms with Crippen LogP contribution in [-0.4, -0.2) is 36.0 Å². The summed E-state index contributed by atoms with van der Waals surface area (Å²) in [6.45, 7) is 1.24. The quantitative estimate of drug-likeness (QED) is 0.809. The van der Waals surface area contributed by atoms with Gasteiger partial charge >= 0.3 is 0 Å². The number of rotatable bonds is 6. The van der Waals surface area contributed by atoms with E-state index in [0.29, 0.717) is 18.8 Å². The number of hydrogen-bond acceptors (Lipinski definition) is 3. The molecule has 1 N–H and O–H groups in total. The summed E-state index contributed by atoms with van der Waals surface area (Å²) in [7, 11) is 1.65. The average Bonchev–Trinajstić information content (AvgIpc) is 2.30. The molecule has 4 nitrogen and oxygen atoms in total. The molecule has 0 aromatic carbocycles. The Balaban J connectivity index is 2.26. The molecular formula is C11H15BrN2O2. The van der Waals surface area contributed by atoms with Gasteiger partial charge in [0, 0.05) is 24.7 Å². The summed E-state index contributed by atoms with van der Waals surface area (Å²) >= 11 is 3.45. The molecule has 1 aromatic rings. The van der Waals surface area contributed by atoms with Crippen LogP contribution in [0.2, 0.25) is 0 Å². The smallest absolute Gasteiger partial charge is 0.269 e. The summed E-state index contributed by atoms with van der Waals surface area (Å²) in [6, 6.07) is 5.26. The molecule has 5 heteroatoms. The first-order valence-electron chi connectivity index (χ1n) is 5.06. The Bertz CT molecular complexity index is 319. The summed E-state index contributed by atoms with van der Waals surface area (Å²) in [4.78, 5) is 15.8. The van der Waals surface area contributed by atoms with Crippen molar-refractivity contribution in [1.82, 2.24) is 10.3 Å². The number of amides is 1. The monoisotopic (exact) mass is 286 g/mol. The third-order valence-corrected chi connectivity index (χ3v) is 2.71. The van der Waals surface area contributed by atoms with Crippen LogP contribution in [0.25, 0.3) is 0 Å². The maximum Gasteiger partial charge on any atom is 0.269 e. The molecule has 0 radical (unpaired) electrons. The summed E-state index contributed by atoms with van der Waals surface area (Å²) in [5.74, 6) is -0.141. The Morgan fingerprint density at radius 1 is 1.62 bits per heavy atom. The van der Waals surface area contributed by atoms with Gasteiger partial charge in [-0.25, -0.2) is 0 Å². The summed E-state index contributed by atoms with van der Waals surface area (Å²) < 4.78 is 4.97. The number of ether oxygens (including phenoxy) is 1. The van der Waals surface area contributed by atoms with Crippen LogP contribution in [0.1, 0.15) is 16.9 Å². The van der Waals surface area contributed by atoms with Crippen LogP contribution in [0.3, 0.4) is 0 Å². The first-order valence-corrected chi connectivity index (χ1v) is 5.98. The Kier molecular flexibility index (Phi) is 6.03. The Morgan fingerprint density at radius 3 is 3.06 bits per heavy atom. The minimum atomic E-state index is -0.141. The normalized spacial score (nSPS) is 12.1. The third kappa shape index (κ3) is 4.72. The molecule has 16 heavy (non-hydrogen) atoms. The van der Waals surface area contributed by atoms with Gasteiger partial charge in [0.05, 0.1) is 6.61 Å². The maximum atomic E-state index is 11.6. The lowest BCUT2D eigenvalue weighted by molar-refractivity contribution is 0.0947. The van der Waals surface area contributed by atoms with Crippen LogP contribution in [0.15, 0.2) is 24.4 Å². The highest BCUT2D eigenvalue weighted by Gasteiger charge is 2.07. The predicted molar refractivity (Wildman–Crippen MR) is 65.8 cm³/mol. The fraction of sp³-hybridized carbons (Fsp3) is 0.455. The SMILES string of the molecule is COCC(Br)CCNC(=O)c1ccccn1. The van der Waals surface area contributed by atoms with E-state index in [1.807, 2.05) is 0 Å². The number of nitrogens with one attached hydrogen (secondary N) is 1. The average molecular weight is 287 g/mol. The van der Waals surface area contributed by atoms with Crippen molar-refractivity contribution in [3.63, 3.8) is 0 Å². The van der Waals surface area contributed by atoms with Crippen molar-refractivity contribution in [3.8, 4) is 0 Å². The lowest BCUT2D eigenvalue weighted by Crippen LogP contribution is -2.27. The summed E-state index contributed by atoms with van der Waals surface area (Å²) in [5.41, 5.74) is 0.445. The van der Waals surface area contributed by atoms with Gasteiger partial charge in [-0.15, -0.1) is 0 Å². The molecule has 0 bridgehead atoms. The van der Waals surface area contributed by atoms with E-state index in [4.69, 9.17) is 4.74 Å². The number of halogens is 1. The lowest BCUT2D eigenvalue weighted by atomic mass is 10.3. The Labute approximate surface area is 104 Å². The van der Waals surface area contributed by atoms with Crippen LogP contribution in [0.5, 0.6) is 0 Å². The topological polar surface area (TPSA) is 51.2 Å². The van der Waals surface area contributed by atoms with Crippen molar-refractivity contribution in [1.29, 1.82) is 0 Å². The lowest BCUT2D eigenvalue weighted by Gasteiger charge is -2.09. The highest BCUT2D eigenvalue weighted by atomic mass is 79.9. The first kappa shape index (κ1) is 13.1. The summed E-state index contributed by atoms with van der Waals surface area (Å²) in [6.07, 6.45) is 2.43. The van der Waals surface area contributed by atoms with E-state index >= 15 is 0 Å². The van der Waals surface area contributed by atoms with E-state index < -0.39 is 0 Å². The Morgan fingerprint density at radius 2 is 2.44 bits per heavy atom. The molecule has 0 aliphatic carbocycles. The molecule has 1 aromatic heterocycles. The molecule has 1 atom stereocenters. The predicted octanol–water partition coefficient (Wildman–Crippen LogP) is 1.61. The fourth-order valence-corrected chi connectivity index (χ4v) is 1.69. The van der Waals surface area contributed by atoms with Crippen molar-refractivity contribution >= 4 is 21.8 Å². The van der Waals surface area contributed by atoms with Crippen LogP contribution >= 0.6 is 15.9 Å². The summed E-state index contributed by atoms with van der Waals surface area (Å²) in [5, 5.41) is 2.80. The fourth-order valence-electron chi connectivity index (χ4n) is 1.19. The molecule has 1 heterocycles. The molecular weight excluding hydrogens is 272 g/mol. The van der Waals surface area contributed by atoms with E-state index in [1.165, 1.54) is 0 Å². The third-order valence-electron chi connectivity index (χ3n) is 1.99. The molecule has 0 saturated carbocycles.